The van der Waals surface area contributed by atoms with Gasteiger partial charge < -0.3 is 5.32 Å². The molecule has 1 heterocycles. The van der Waals surface area contributed by atoms with Crippen LogP contribution in [0.4, 0.5) is 0 Å². The highest BCUT2D eigenvalue weighted by atomic mass is 32.1. The van der Waals surface area contributed by atoms with E-state index in [1.165, 1.54) is 25.0 Å². The molecule has 3 atom stereocenters. The van der Waals surface area contributed by atoms with Gasteiger partial charge in [0.1, 0.15) is 0 Å². The molecule has 0 bridgehead atoms. The van der Waals surface area contributed by atoms with Crippen molar-refractivity contribution in [3.63, 3.8) is 0 Å². The van der Waals surface area contributed by atoms with Crippen molar-refractivity contribution >= 4 is 11.3 Å². The molecule has 3 unspecified atom stereocenters. The van der Waals surface area contributed by atoms with Crippen LogP contribution in [0.25, 0.3) is 0 Å². The number of nitrogens with zero attached hydrogens (tertiary/aromatic N) is 1. The second kappa shape index (κ2) is 5.78. The summed E-state index contributed by atoms with van der Waals surface area (Å²) in [5.74, 6) is 1.70. The van der Waals surface area contributed by atoms with Crippen LogP contribution in [0, 0.1) is 11.8 Å². The van der Waals surface area contributed by atoms with Gasteiger partial charge in [0.25, 0.3) is 0 Å². The Labute approximate surface area is 102 Å². The van der Waals surface area contributed by atoms with Crippen LogP contribution in [-0.2, 0) is 6.42 Å². The molecule has 1 aromatic heterocycles. The highest BCUT2D eigenvalue weighted by Crippen LogP contribution is 2.29. The Balaban J connectivity index is 1.73. The molecule has 16 heavy (non-hydrogen) atoms. The lowest BCUT2D eigenvalue weighted by Crippen LogP contribution is -2.41. The van der Waals surface area contributed by atoms with Gasteiger partial charge in [0, 0.05) is 24.4 Å². The zero-order valence-electron chi connectivity index (χ0n) is 10.3. The van der Waals surface area contributed by atoms with E-state index in [1.54, 1.807) is 11.3 Å². The van der Waals surface area contributed by atoms with Gasteiger partial charge in [-0.25, -0.2) is 4.98 Å². The average molecular weight is 238 g/mol. The van der Waals surface area contributed by atoms with E-state index in [2.05, 4.69) is 29.5 Å². The molecule has 1 N–H and O–H groups in total. The van der Waals surface area contributed by atoms with Crippen molar-refractivity contribution in [2.75, 3.05) is 6.54 Å². The lowest BCUT2D eigenvalue weighted by molar-refractivity contribution is 0.208. The minimum Gasteiger partial charge on any atom is -0.313 e. The standard InChI is InChI=1S/C13H22N2S/c1-10-4-3-5-13(11(10)2)14-7-6-12-8-16-9-15-12/h8-11,13-14H,3-7H2,1-2H3. The molecule has 1 saturated carbocycles. The van der Waals surface area contributed by atoms with Crippen molar-refractivity contribution in [2.45, 2.75) is 45.6 Å². The lowest BCUT2D eigenvalue weighted by atomic mass is 9.78. The Kier molecular flexibility index (Phi) is 4.36. The summed E-state index contributed by atoms with van der Waals surface area (Å²) in [7, 11) is 0. The molecule has 0 amide bonds. The van der Waals surface area contributed by atoms with Gasteiger partial charge in [0.2, 0.25) is 0 Å². The first kappa shape index (κ1) is 12.1. The fourth-order valence-electron chi connectivity index (χ4n) is 2.62. The summed E-state index contributed by atoms with van der Waals surface area (Å²) in [5, 5.41) is 5.85. The molecule has 3 heteroatoms. The van der Waals surface area contributed by atoms with E-state index in [0.29, 0.717) is 0 Å². The first-order valence-electron chi connectivity index (χ1n) is 6.38. The van der Waals surface area contributed by atoms with Crippen LogP contribution >= 0.6 is 11.3 Å². The van der Waals surface area contributed by atoms with Crippen molar-refractivity contribution in [1.29, 1.82) is 0 Å². The highest BCUT2D eigenvalue weighted by molar-refractivity contribution is 7.07. The van der Waals surface area contributed by atoms with Gasteiger partial charge in [0.15, 0.2) is 0 Å². The predicted octanol–water partition coefficient (Wildman–Crippen LogP) is 3.10. The fraction of sp³-hybridized carbons (Fsp3) is 0.769. The molecule has 1 aliphatic rings. The van der Waals surface area contributed by atoms with E-state index in [0.717, 1.165) is 30.8 Å². The fourth-order valence-corrected chi connectivity index (χ4v) is 3.21. The molecule has 1 aliphatic carbocycles. The largest absolute Gasteiger partial charge is 0.313 e. The molecular weight excluding hydrogens is 216 g/mol. The SMILES string of the molecule is CC1CCCC(NCCc2cscn2)C1C. The third-order valence-electron chi connectivity index (χ3n) is 3.98. The summed E-state index contributed by atoms with van der Waals surface area (Å²) in [4.78, 5) is 4.31. The van der Waals surface area contributed by atoms with Crippen LogP contribution in [-0.4, -0.2) is 17.6 Å². The molecule has 0 aliphatic heterocycles. The monoisotopic (exact) mass is 238 g/mol. The topological polar surface area (TPSA) is 24.9 Å². The Bertz CT molecular complexity index is 297. The second-order valence-corrected chi connectivity index (χ2v) is 5.78. The van der Waals surface area contributed by atoms with Gasteiger partial charge in [-0.2, -0.15) is 0 Å². The van der Waals surface area contributed by atoms with E-state index in [1.807, 2.05) is 5.51 Å². The van der Waals surface area contributed by atoms with E-state index >= 15 is 0 Å². The third kappa shape index (κ3) is 3.05. The Morgan fingerprint density at radius 1 is 1.44 bits per heavy atom. The van der Waals surface area contributed by atoms with E-state index < -0.39 is 0 Å². The number of rotatable bonds is 4. The number of thiazole rings is 1. The van der Waals surface area contributed by atoms with E-state index in [4.69, 9.17) is 0 Å². The van der Waals surface area contributed by atoms with Crippen molar-refractivity contribution in [3.8, 4) is 0 Å². The summed E-state index contributed by atoms with van der Waals surface area (Å²) in [6.07, 6.45) is 5.22. The van der Waals surface area contributed by atoms with Gasteiger partial charge >= 0.3 is 0 Å². The smallest absolute Gasteiger partial charge is 0.0794 e. The molecule has 0 spiro atoms. The summed E-state index contributed by atoms with van der Waals surface area (Å²) >= 11 is 1.69. The first-order chi connectivity index (χ1) is 7.77. The predicted molar refractivity (Wildman–Crippen MR) is 69.8 cm³/mol. The first-order valence-corrected chi connectivity index (χ1v) is 7.32. The van der Waals surface area contributed by atoms with Gasteiger partial charge in [-0.1, -0.05) is 26.7 Å². The molecule has 2 nitrogen and oxygen atoms in total. The number of nitrogens with one attached hydrogen (secondary N) is 1. The lowest BCUT2D eigenvalue weighted by Gasteiger charge is -2.34. The summed E-state index contributed by atoms with van der Waals surface area (Å²) in [6, 6.07) is 0.724. The summed E-state index contributed by atoms with van der Waals surface area (Å²) in [6.45, 7) is 5.86. The van der Waals surface area contributed by atoms with Gasteiger partial charge in [-0.15, -0.1) is 11.3 Å². The Morgan fingerprint density at radius 3 is 3.06 bits per heavy atom. The molecule has 0 aromatic carbocycles. The van der Waals surface area contributed by atoms with Crippen molar-refractivity contribution < 1.29 is 0 Å². The molecular formula is C13H22N2S. The zero-order chi connectivity index (χ0) is 11.4. The quantitative estimate of drug-likeness (QED) is 0.872. The molecule has 0 radical (unpaired) electrons. The minimum atomic E-state index is 0.724. The summed E-state index contributed by atoms with van der Waals surface area (Å²) in [5.41, 5.74) is 3.15. The van der Waals surface area contributed by atoms with E-state index in [9.17, 15) is 0 Å². The van der Waals surface area contributed by atoms with Crippen LogP contribution in [0.3, 0.4) is 0 Å². The van der Waals surface area contributed by atoms with Crippen LogP contribution in [0.2, 0.25) is 0 Å². The van der Waals surface area contributed by atoms with E-state index in [-0.39, 0.29) is 0 Å². The molecule has 0 saturated heterocycles. The van der Waals surface area contributed by atoms with Crippen LogP contribution < -0.4 is 5.32 Å². The Hall–Kier alpha value is -0.410. The normalized spacial score (nSPS) is 30.5. The molecule has 1 fully saturated rings. The van der Waals surface area contributed by atoms with Gasteiger partial charge in [-0.3, -0.25) is 0 Å². The maximum Gasteiger partial charge on any atom is 0.0794 e. The number of hydrogen-bond donors (Lipinski definition) is 1. The van der Waals surface area contributed by atoms with Crippen molar-refractivity contribution in [2.24, 2.45) is 11.8 Å². The Morgan fingerprint density at radius 2 is 2.31 bits per heavy atom. The van der Waals surface area contributed by atoms with Crippen molar-refractivity contribution in [1.82, 2.24) is 10.3 Å². The maximum atomic E-state index is 4.31. The molecule has 90 valence electrons. The zero-order valence-corrected chi connectivity index (χ0v) is 11.1. The van der Waals surface area contributed by atoms with Gasteiger partial charge in [-0.05, 0) is 18.3 Å². The summed E-state index contributed by atoms with van der Waals surface area (Å²) < 4.78 is 0. The number of aromatic nitrogens is 1. The second-order valence-electron chi connectivity index (χ2n) is 5.06. The maximum absolute atomic E-state index is 4.31. The third-order valence-corrected chi connectivity index (χ3v) is 4.61. The van der Waals surface area contributed by atoms with Crippen LogP contribution in [0.1, 0.15) is 38.8 Å². The van der Waals surface area contributed by atoms with Crippen LogP contribution in [0.15, 0.2) is 10.9 Å². The highest BCUT2D eigenvalue weighted by Gasteiger charge is 2.26. The molecule has 1 aromatic rings. The number of hydrogen-bond acceptors (Lipinski definition) is 3. The average Bonchev–Trinajstić information content (AvgIpc) is 2.77. The van der Waals surface area contributed by atoms with Crippen LogP contribution in [0.5, 0.6) is 0 Å². The molecule has 2 rings (SSSR count). The minimum absolute atomic E-state index is 0.724. The van der Waals surface area contributed by atoms with Gasteiger partial charge in [0.05, 0.1) is 11.2 Å². The van der Waals surface area contributed by atoms with Crippen molar-refractivity contribution in [3.05, 3.63) is 16.6 Å².